The average molecular weight is 282 g/mol. The molecule has 1 unspecified atom stereocenters. The first-order valence-corrected chi connectivity index (χ1v) is 8.04. The monoisotopic (exact) mass is 282 g/mol. The summed E-state index contributed by atoms with van der Waals surface area (Å²) in [5, 5.41) is 4.48. The molecule has 0 saturated heterocycles. The lowest BCUT2D eigenvalue weighted by Crippen LogP contribution is -2.33. The number of nitrogens with zero attached hydrogens (tertiary/aromatic N) is 1. The van der Waals surface area contributed by atoms with Gasteiger partial charge in [-0.3, -0.25) is 0 Å². The number of nitrogens with one attached hydrogen (secondary N) is 1. The van der Waals surface area contributed by atoms with Crippen LogP contribution in [0.15, 0.2) is 0 Å². The van der Waals surface area contributed by atoms with Crippen LogP contribution in [0.25, 0.3) is 0 Å². The first kappa shape index (κ1) is 14.9. The van der Waals surface area contributed by atoms with Crippen molar-refractivity contribution in [2.45, 2.75) is 58.1 Å². The van der Waals surface area contributed by atoms with Gasteiger partial charge in [-0.05, 0) is 52.5 Å². The zero-order chi connectivity index (χ0) is 14.0. The molecule has 0 aliphatic heterocycles. The SMILES string of the molecule is CNC(C)c1sc(C2(OC)CCC(C)CC2)nc1C. The summed E-state index contributed by atoms with van der Waals surface area (Å²) in [5.74, 6) is 0.819. The Morgan fingerprint density at radius 1 is 1.42 bits per heavy atom. The smallest absolute Gasteiger partial charge is 0.125 e. The number of hydrogen-bond acceptors (Lipinski definition) is 4. The Hall–Kier alpha value is -0.450. The maximum absolute atomic E-state index is 5.92. The minimum Gasteiger partial charge on any atom is -0.371 e. The van der Waals surface area contributed by atoms with E-state index in [1.807, 2.05) is 25.5 Å². The van der Waals surface area contributed by atoms with Crippen molar-refractivity contribution in [3.05, 3.63) is 15.6 Å². The van der Waals surface area contributed by atoms with Gasteiger partial charge in [0.25, 0.3) is 0 Å². The topological polar surface area (TPSA) is 34.1 Å². The molecule has 2 rings (SSSR count). The zero-order valence-electron chi connectivity index (χ0n) is 12.7. The molecule has 1 saturated carbocycles. The third kappa shape index (κ3) is 2.86. The highest BCUT2D eigenvalue weighted by Gasteiger charge is 2.39. The standard InChI is InChI=1S/C15H26N2OS/c1-10-6-8-15(18-5,9-7-10)14-17-12(3)13(19-14)11(2)16-4/h10-11,16H,6-9H2,1-5H3. The van der Waals surface area contributed by atoms with Gasteiger partial charge in [0.2, 0.25) is 0 Å². The molecular formula is C15H26N2OS. The number of methoxy groups -OCH3 is 1. The molecule has 108 valence electrons. The second-order valence-electron chi connectivity index (χ2n) is 5.86. The lowest BCUT2D eigenvalue weighted by molar-refractivity contribution is -0.0531. The Balaban J connectivity index is 2.29. The van der Waals surface area contributed by atoms with Gasteiger partial charge in [-0.1, -0.05) is 6.92 Å². The van der Waals surface area contributed by atoms with Gasteiger partial charge in [0.1, 0.15) is 10.6 Å². The second kappa shape index (κ2) is 5.90. The van der Waals surface area contributed by atoms with Crippen molar-refractivity contribution in [3.8, 4) is 0 Å². The molecule has 1 heterocycles. The quantitative estimate of drug-likeness (QED) is 0.912. The lowest BCUT2D eigenvalue weighted by Gasteiger charge is -2.36. The Morgan fingerprint density at radius 3 is 2.58 bits per heavy atom. The summed E-state index contributed by atoms with van der Waals surface area (Å²) >= 11 is 1.82. The average Bonchev–Trinajstić information content (AvgIpc) is 2.82. The number of rotatable bonds is 4. The van der Waals surface area contributed by atoms with Crippen LogP contribution in [0, 0.1) is 12.8 Å². The summed E-state index contributed by atoms with van der Waals surface area (Å²) in [5.41, 5.74) is 1.02. The second-order valence-corrected chi connectivity index (χ2v) is 6.89. The highest BCUT2D eigenvalue weighted by molar-refractivity contribution is 7.12. The van der Waals surface area contributed by atoms with E-state index in [4.69, 9.17) is 9.72 Å². The van der Waals surface area contributed by atoms with Gasteiger partial charge in [0.05, 0.1) is 5.69 Å². The van der Waals surface area contributed by atoms with Crippen LogP contribution in [-0.2, 0) is 10.3 Å². The number of aryl methyl sites for hydroxylation is 1. The third-order valence-electron chi connectivity index (χ3n) is 4.52. The Labute approximate surface area is 120 Å². The summed E-state index contributed by atoms with van der Waals surface area (Å²) in [7, 11) is 3.84. The van der Waals surface area contributed by atoms with Crippen LogP contribution in [0.4, 0.5) is 0 Å². The molecule has 0 aromatic carbocycles. The van der Waals surface area contributed by atoms with E-state index in [1.165, 1.54) is 22.7 Å². The van der Waals surface area contributed by atoms with Crippen LogP contribution >= 0.6 is 11.3 Å². The predicted molar refractivity (Wildman–Crippen MR) is 80.6 cm³/mol. The molecule has 1 aromatic rings. The van der Waals surface area contributed by atoms with Crippen LogP contribution in [0.5, 0.6) is 0 Å². The Bertz CT molecular complexity index is 422. The van der Waals surface area contributed by atoms with Crippen LogP contribution in [-0.4, -0.2) is 19.1 Å². The first-order chi connectivity index (χ1) is 9.02. The third-order valence-corrected chi connectivity index (χ3v) is 6.05. The van der Waals surface area contributed by atoms with E-state index in [2.05, 4.69) is 26.1 Å². The van der Waals surface area contributed by atoms with Crippen molar-refractivity contribution >= 4 is 11.3 Å². The molecule has 3 nitrogen and oxygen atoms in total. The number of thiazole rings is 1. The van der Waals surface area contributed by atoms with Crippen molar-refractivity contribution in [1.29, 1.82) is 0 Å². The van der Waals surface area contributed by atoms with Gasteiger partial charge >= 0.3 is 0 Å². The molecule has 0 spiro atoms. The van der Waals surface area contributed by atoms with E-state index in [1.54, 1.807) is 0 Å². The van der Waals surface area contributed by atoms with E-state index in [0.717, 1.165) is 24.5 Å². The van der Waals surface area contributed by atoms with Crippen molar-refractivity contribution in [3.63, 3.8) is 0 Å². The molecule has 0 amide bonds. The number of ether oxygens (including phenoxy) is 1. The molecule has 19 heavy (non-hydrogen) atoms. The largest absolute Gasteiger partial charge is 0.371 e. The highest BCUT2D eigenvalue weighted by atomic mass is 32.1. The van der Waals surface area contributed by atoms with E-state index in [9.17, 15) is 0 Å². The Morgan fingerprint density at radius 2 is 2.05 bits per heavy atom. The van der Waals surface area contributed by atoms with Crippen LogP contribution in [0.1, 0.15) is 61.2 Å². The molecule has 0 radical (unpaired) electrons. The number of aromatic nitrogens is 1. The number of hydrogen-bond donors (Lipinski definition) is 1. The molecule has 4 heteroatoms. The van der Waals surface area contributed by atoms with Crippen LogP contribution in [0.2, 0.25) is 0 Å². The van der Waals surface area contributed by atoms with Gasteiger partial charge in [-0.25, -0.2) is 4.98 Å². The fourth-order valence-corrected chi connectivity index (χ4v) is 4.22. The van der Waals surface area contributed by atoms with Gasteiger partial charge < -0.3 is 10.1 Å². The van der Waals surface area contributed by atoms with E-state index >= 15 is 0 Å². The lowest BCUT2D eigenvalue weighted by atomic mass is 9.80. The normalized spacial score (nSPS) is 29.4. The first-order valence-electron chi connectivity index (χ1n) is 7.22. The van der Waals surface area contributed by atoms with Gasteiger partial charge in [-0.15, -0.1) is 11.3 Å². The van der Waals surface area contributed by atoms with E-state index in [-0.39, 0.29) is 5.60 Å². The molecular weight excluding hydrogens is 256 g/mol. The highest BCUT2D eigenvalue weighted by Crippen LogP contribution is 2.44. The van der Waals surface area contributed by atoms with Gasteiger partial charge in [0.15, 0.2) is 0 Å². The van der Waals surface area contributed by atoms with Gasteiger partial charge in [0, 0.05) is 18.0 Å². The molecule has 1 aliphatic carbocycles. The predicted octanol–water partition coefficient (Wildman–Crippen LogP) is 3.78. The minimum atomic E-state index is -0.131. The van der Waals surface area contributed by atoms with Crippen LogP contribution < -0.4 is 5.32 Å². The Kier molecular flexibility index (Phi) is 4.64. The zero-order valence-corrected chi connectivity index (χ0v) is 13.6. The molecule has 1 fully saturated rings. The summed E-state index contributed by atoms with van der Waals surface area (Å²) in [4.78, 5) is 6.17. The minimum absolute atomic E-state index is 0.131. The molecule has 1 N–H and O–H groups in total. The maximum Gasteiger partial charge on any atom is 0.125 e. The van der Waals surface area contributed by atoms with Crippen molar-refractivity contribution < 1.29 is 4.74 Å². The summed E-state index contributed by atoms with van der Waals surface area (Å²) in [6.07, 6.45) is 4.68. The fourth-order valence-electron chi connectivity index (χ4n) is 2.87. The van der Waals surface area contributed by atoms with Crippen molar-refractivity contribution in [2.75, 3.05) is 14.2 Å². The fraction of sp³-hybridized carbons (Fsp3) is 0.800. The summed E-state index contributed by atoms with van der Waals surface area (Å²) in [6, 6.07) is 0.364. The summed E-state index contributed by atoms with van der Waals surface area (Å²) in [6.45, 7) is 6.63. The van der Waals surface area contributed by atoms with Gasteiger partial charge in [-0.2, -0.15) is 0 Å². The van der Waals surface area contributed by atoms with E-state index in [0.29, 0.717) is 6.04 Å². The molecule has 1 atom stereocenters. The molecule has 1 aromatic heterocycles. The molecule has 1 aliphatic rings. The summed E-state index contributed by atoms with van der Waals surface area (Å²) < 4.78 is 5.92. The van der Waals surface area contributed by atoms with Crippen LogP contribution in [0.3, 0.4) is 0 Å². The van der Waals surface area contributed by atoms with Crippen molar-refractivity contribution in [1.82, 2.24) is 10.3 Å². The molecule has 0 bridgehead atoms. The van der Waals surface area contributed by atoms with E-state index < -0.39 is 0 Å². The maximum atomic E-state index is 5.92. The van der Waals surface area contributed by atoms with Crippen molar-refractivity contribution in [2.24, 2.45) is 5.92 Å².